The Kier molecular flexibility index (Phi) is 50.2. The van der Waals surface area contributed by atoms with Gasteiger partial charge in [0.15, 0.2) is 18.9 Å². The van der Waals surface area contributed by atoms with Crippen molar-refractivity contribution in [3.63, 3.8) is 0 Å². The molecule has 19 nitrogen and oxygen atoms in total. The van der Waals surface area contributed by atoms with Crippen molar-refractivity contribution in [1.82, 2.24) is 5.32 Å². The van der Waals surface area contributed by atoms with E-state index in [0.29, 0.717) is 12.8 Å². The highest BCUT2D eigenvalue weighted by Gasteiger charge is 2.53. The predicted octanol–water partition coefficient (Wildman–Crippen LogP) is 10.8. The fraction of sp³-hybridized carbons (Fsp3) is 0.958. The van der Waals surface area contributed by atoms with Crippen LogP contribution < -0.4 is 5.32 Å². The maximum atomic E-state index is 13.4. The van der Waals surface area contributed by atoms with Gasteiger partial charge >= 0.3 is 0 Å². The molecule has 3 fully saturated rings. The van der Waals surface area contributed by atoms with E-state index in [2.05, 4.69) is 31.3 Å². The van der Waals surface area contributed by atoms with Gasteiger partial charge in [-0.05, 0) is 38.5 Å². The van der Waals surface area contributed by atoms with E-state index in [1.165, 1.54) is 231 Å². The third-order valence-electron chi connectivity index (χ3n) is 19.1. The second-order valence-electron chi connectivity index (χ2n) is 27.1. The van der Waals surface area contributed by atoms with Crippen LogP contribution in [0.15, 0.2) is 12.2 Å². The second kappa shape index (κ2) is 54.5. The van der Waals surface area contributed by atoms with Crippen LogP contribution in [0.25, 0.3) is 0 Å². The van der Waals surface area contributed by atoms with Crippen LogP contribution in [0.1, 0.15) is 309 Å². The summed E-state index contributed by atoms with van der Waals surface area (Å²) in [5.41, 5.74) is 0. The van der Waals surface area contributed by atoms with Crippen molar-refractivity contribution < 1.29 is 89.4 Å². The number of amides is 1. The molecule has 0 aromatic rings. The topological polar surface area (TPSA) is 307 Å². The Morgan fingerprint density at radius 1 is 0.385 bits per heavy atom. The van der Waals surface area contributed by atoms with E-state index in [4.69, 9.17) is 28.4 Å². The lowest BCUT2D eigenvalue weighted by Crippen LogP contribution is -2.66. The van der Waals surface area contributed by atoms with E-state index in [1.54, 1.807) is 0 Å². The third-order valence-corrected chi connectivity index (χ3v) is 19.1. The van der Waals surface area contributed by atoms with E-state index in [-0.39, 0.29) is 18.9 Å². The SMILES string of the molecule is CCCCCCCCCC/C=C\CCCCCCCCCCCCCCCCCCCCCCCC(=O)NC(COC1OC(CO)C(OC2OC(CO)C(OC3OC(CO)C(O)C(O)C3O)C(O)C2O)C(O)C1O)C(O)CCCCCCCCCCCCCCC. The van der Waals surface area contributed by atoms with E-state index < -0.39 is 124 Å². The molecule has 3 rings (SSSR count). The number of aliphatic hydroxyl groups is 11. The number of nitrogens with one attached hydrogen (secondary N) is 1. The summed E-state index contributed by atoms with van der Waals surface area (Å²) in [6.07, 6.45) is 34.6. The van der Waals surface area contributed by atoms with Gasteiger partial charge < -0.3 is 89.9 Å². The van der Waals surface area contributed by atoms with Crippen molar-refractivity contribution in [1.29, 1.82) is 0 Å². The molecule has 91 heavy (non-hydrogen) atoms. The number of rotatable bonds is 59. The molecular formula is C72H137NO18. The van der Waals surface area contributed by atoms with Gasteiger partial charge in [-0.15, -0.1) is 0 Å². The van der Waals surface area contributed by atoms with Crippen LogP contribution in [0.4, 0.5) is 0 Å². The number of ether oxygens (including phenoxy) is 6. The summed E-state index contributed by atoms with van der Waals surface area (Å²) in [6, 6.07) is -0.882. The first-order valence-corrected chi connectivity index (χ1v) is 37.4. The number of aliphatic hydroxyl groups excluding tert-OH is 11. The molecule has 0 aromatic carbocycles. The summed E-state index contributed by atoms with van der Waals surface area (Å²) in [5.74, 6) is -0.237. The standard InChI is InChI=1S/C72H137NO18/c1-3-5-7-9-11-13-15-17-18-19-20-21-22-23-24-25-26-27-28-29-30-31-32-33-34-35-36-38-40-42-44-46-48-50-60(78)73-55(56(77)49-47-45-43-41-39-37-16-14-12-10-8-6-4-2)54-86-70-66(84)63(81)68(58(52-75)88-70)91-72-67(85)64(82)69(59(53-76)89-72)90-71-65(83)62(80)61(79)57(51-74)87-71/h19-20,55-59,61-72,74-77,79-85H,3-18,21-54H2,1-2H3,(H,73,78)/b20-19-. The molecule has 17 unspecified atom stereocenters. The molecule has 0 radical (unpaired) electrons. The summed E-state index contributed by atoms with van der Waals surface area (Å²) < 4.78 is 34.4. The van der Waals surface area contributed by atoms with Crippen LogP contribution in [-0.2, 0) is 33.2 Å². The Labute approximate surface area is 550 Å². The lowest BCUT2D eigenvalue weighted by atomic mass is 9.96. The molecule has 3 saturated heterocycles. The molecule has 3 heterocycles. The molecule has 0 bridgehead atoms. The maximum Gasteiger partial charge on any atom is 0.220 e. The van der Waals surface area contributed by atoms with E-state index >= 15 is 0 Å². The monoisotopic (exact) mass is 1300 g/mol. The van der Waals surface area contributed by atoms with Crippen molar-refractivity contribution >= 4 is 5.91 Å². The Morgan fingerprint density at radius 3 is 1.07 bits per heavy atom. The normalized spacial score (nSPS) is 27.9. The number of hydrogen-bond donors (Lipinski definition) is 12. The third kappa shape index (κ3) is 36.1. The van der Waals surface area contributed by atoms with Gasteiger partial charge in [0.05, 0.1) is 38.6 Å². The first kappa shape index (κ1) is 83.8. The Morgan fingerprint density at radius 2 is 0.692 bits per heavy atom. The zero-order chi connectivity index (χ0) is 66.1. The van der Waals surface area contributed by atoms with Crippen molar-refractivity contribution in [2.75, 3.05) is 26.4 Å². The van der Waals surface area contributed by atoms with Gasteiger partial charge in [-0.1, -0.05) is 276 Å². The highest BCUT2D eigenvalue weighted by atomic mass is 16.8. The average molecular weight is 1300 g/mol. The van der Waals surface area contributed by atoms with Crippen LogP contribution in [0, 0.1) is 0 Å². The van der Waals surface area contributed by atoms with E-state index in [1.807, 2.05) is 0 Å². The summed E-state index contributed by atoms with van der Waals surface area (Å²) >= 11 is 0. The predicted molar refractivity (Wildman–Crippen MR) is 356 cm³/mol. The minimum absolute atomic E-state index is 0.237. The Bertz CT molecular complexity index is 1700. The largest absolute Gasteiger partial charge is 0.394 e. The smallest absolute Gasteiger partial charge is 0.220 e. The molecule has 3 aliphatic rings. The molecule has 17 atom stereocenters. The van der Waals surface area contributed by atoms with Gasteiger partial charge in [-0.25, -0.2) is 0 Å². The first-order valence-electron chi connectivity index (χ1n) is 37.4. The summed E-state index contributed by atoms with van der Waals surface area (Å²) in [5, 5.41) is 121. The van der Waals surface area contributed by atoms with Gasteiger partial charge in [-0.2, -0.15) is 0 Å². The number of carbonyl (C=O) groups excluding carboxylic acids is 1. The molecule has 1 amide bonds. The van der Waals surface area contributed by atoms with Crippen LogP contribution >= 0.6 is 0 Å². The summed E-state index contributed by atoms with van der Waals surface area (Å²) in [7, 11) is 0. The molecule has 12 N–H and O–H groups in total. The Balaban J connectivity index is 1.33. The maximum absolute atomic E-state index is 13.4. The zero-order valence-corrected chi connectivity index (χ0v) is 57.1. The molecule has 19 heteroatoms. The van der Waals surface area contributed by atoms with Crippen molar-refractivity contribution in [2.24, 2.45) is 0 Å². The summed E-state index contributed by atoms with van der Waals surface area (Å²) in [4.78, 5) is 13.4. The molecule has 0 aliphatic carbocycles. The minimum atomic E-state index is -1.97. The summed E-state index contributed by atoms with van der Waals surface area (Å²) in [6.45, 7) is 1.83. The van der Waals surface area contributed by atoms with Crippen molar-refractivity contribution in [3.8, 4) is 0 Å². The van der Waals surface area contributed by atoms with Crippen LogP contribution in [-0.4, -0.2) is 193 Å². The molecule has 538 valence electrons. The van der Waals surface area contributed by atoms with Gasteiger partial charge in [0.1, 0.15) is 73.2 Å². The van der Waals surface area contributed by atoms with Crippen LogP contribution in [0.2, 0.25) is 0 Å². The van der Waals surface area contributed by atoms with Gasteiger partial charge in [0.2, 0.25) is 5.91 Å². The van der Waals surface area contributed by atoms with Crippen LogP contribution in [0.3, 0.4) is 0 Å². The molecule has 0 saturated carbocycles. The Hall–Kier alpha value is -1.47. The quantitative estimate of drug-likeness (QED) is 0.0199. The number of allylic oxidation sites excluding steroid dienone is 2. The molecule has 3 aliphatic heterocycles. The lowest BCUT2D eigenvalue weighted by molar-refractivity contribution is -0.379. The van der Waals surface area contributed by atoms with E-state index in [0.717, 1.165) is 44.9 Å². The number of carbonyl (C=O) groups is 1. The van der Waals surface area contributed by atoms with E-state index in [9.17, 15) is 61.0 Å². The van der Waals surface area contributed by atoms with Gasteiger partial charge in [0, 0.05) is 6.42 Å². The van der Waals surface area contributed by atoms with Crippen LogP contribution in [0.5, 0.6) is 0 Å². The lowest BCUT2D eigenvalue weighted by Gasteiger charge is -2.48. The fourth-order valence-corrected chi connectivity index (χ4v) is 13.0. The highest BCUT2D eigenvalue weighted by Crippen LogP contribution is 2.33. The number of hydrogen-bond acceptors (Lipinski definition) is 18. The highest BCUT2D eigenvalue weighted by molar-refractivity contribution is 5.76. The minimum Gasteiger partial charge on any atom is -0.394 e. The van der Waals surface area contributed by atoms with Gasteiger partial charge in [0.25, 0.3) is 0 Å². The molecular weight excluding hydrogens is 1170 g/mol. The first-order chi connectivity index (χ1) is 44.3. The fourth-order valence-electron chi connectivity index (χ4n) is 13.0. The zero-order valence-electron chi connectivity index (χ0n) is 57.1. The molecule has 0 spiro atoms. The van der Waals surface area contributed by atoms with Gasteiger partial charge in [-0.3, -0.25) is 4.79 Å². The average Bonchev–Trinajstić information content (AvgIpc) is 0.871. The number of unbranched alkanes of at least 4 members (excludes halogenated alkanes) is 41. The van der Waals surface area contributed by atoms with Crippen molar-refractivity contribution in [3.05, 3.63) is 12.2 Å². The van der Waals surface area contributed by atoms with Crippen molar-refractivity contribution in [2.45, 2.75) is 413 Å². The second-order valence-corrected chi connectivity index (χ2v) is 27.1. The molecule has 0 aromatic heterocycles.